The Morgan fingerprint density at radius 2 is 1.65 bits per heavy atom. The molecule has 0 amide bonds. The van der Waals surface area contributed by atoms with Gasteiger partial charge < -0.3 is 15.0 Å². The molecule has 0 aliphatic carbocycles. The van der Waals surface area contributed by atoms with Crippen LogP contribution in [-0.2, 0) is 14.9 Å². The number of nitrogens with one attached hydrogen (secondary N) is 1. The number of carbonyl (C=O) groups excluding carboxylic acids is 1. The third kappa shape index (κ3) is 6.99. The van der Waals surface area contributed by atoms with Crippen LogP contribution in [0.1, 0.15) is 47.1 Å². The fourth-order valence-corrected chi connectivity index (χ4v) is 2.09. The number of hydrogen-bond acceptors (Lipinski definition) is 3. The summed E-state index contributed by atoms with van der Waals surface area (Å²) in [6.45, 7) is 12.2. The van der Waals surface area contributed by atoms with Crippen molar-refractivity contribution in [1.82, 2.24) is 4.90 Å². The third-order valence-electron chi connectivity index (χ3n) is 3.14. The summed E-state index contributed by atoms with van der Waals surface area (Å²) in [7, 11) is 1.77. The van der Waals surface area contributed by atoms with Gasteiger partial charge in [0.25, 0.3) is 0 Å². The molecule has 0 saturated carbocycles. The van der Waals surface area contributed by atoms with E-state index in [9.17, 15) is 4.79 Å². The van der Waals surface area contributed by atoms with Crippen molar-refractivity contribution in [2.75, 3.05) is 18.9 Å². The molecule has 23 heavy (non-hydrogen) atoms. The zero-order valence-corrected chi connectivity index (χ0v) is 16.0. The third-order valence-corrected chi connectivity index (χ3v) is 3.55. The second-order valence-electron chi connectivity index (χ2n) is 7.70. The van der Waals surface area contributed by atoms with Crippen molar-refractivity contribution in [3.8, 4) is 0 Å². The zero-order valence-electron chi connectivity index (χ0n) is 15.2. The summed E-state index contributed by atoms with van der Waals surface area (Å²) in [5.74, 6) is -0.299. The fraction of sp³-hybridized carbons (Fsp3) is 0.556. The first-order valence-electron chi connectivity index (χ1n) is 7.73. The Morgan fingerprint density at radius 1 is 1.13 bits per heavy atom. The molecule has 0 heterocycles. The highest BCUT2D eigenvalue weighted by atomic mass is 32.1. The number of rotatable bonds is 3. The molecule has 0 aromatic heterocycles. The first-order chi connectivity index (χ1) is 10.4. The summed E-state index contributed by atoms with van der Waals surface area (Å²) in [4.78, 5) is 13.5. The van der Waals surface area contributed by atoms with Crippen LogP contribution in [0.3, 0.4) is 0 Å². The Morgan fingerprint density at radius 3 is 2.09 bits per heavy atom. The summed E-state index contributed by atoms with van der Waals surface area (Å²) < 4.78 is 5.29. The highest BCUT2D eigenvalue weighted by Gasteiger charge is 2.19. The molecule has 128 valence electrons. The molecule has 0 bridgehead atoms. The van der Waals surface area contributed by atoms with Crippen molar-refractivity contribution in [3.63, 3.8) is 0 Å². The lowest BCUT2D eigenvalue weighted by molar-refractivity contribution is -0.154. The van der Waals surface area contributed by atoms with E-state index < -0.39 is 5.60 Å². The van der Waals surface area contributed by atoms with Gasteiger partial charge in [0.15, 0.2) is 5.11 Å². The van der Waals surface area contributed by atoms with Gasteiger partial charge in [-0.05, 0) is 56.1 Å². The molecule has 0 aliphatic heterocycles. The average molecular weight is 337 g/mol. The molecule has 1 aromatic rings. The summed E-state index contributed by atoms with van der Waals surface area (Å²) in [5.41, 5.74) is 1.79. The van der Waals surface area contributed by atoms with Gasteiger partial charge in [0.2, 0.25) is 0 Å². The summed E-state index contributed by atoms with van der Waals surface area (Å²) in [6, 6.07) is 8.15. The number of anilines is 1. The largest absolute Gasteiger partial charge is 0.459 e. The van der Waals surface area contributed by atoms with Crippen molar-refractivity contribution in [2.24, 2.45) is 0 Å². The molecule has 0 spiro atoms. The Hall–Kier alpha value is -1.62. The van der Waals surface area contributed by atoms with E-state index in [4.69, 9.17) is 17.0 Å². The van der Waals surface area contributed by atoms with Gasteiger partial charge in [-0.15, -0.1) is 0 Å². The van der Waals surface area contributed by atoms with Gasteiger partial charge in [0, 0.05) is 12.7 Å². The topological polar surface area (TPSA) is 41.6 Å². The fourth-order valence-electron chi connectivity index (χ4n) is 1.91. The van der Waals surface area contributed by atoms with E-state index in [0.717, 1.165) is 5.69 Å². The van der Waals surface area contributed by atoms with Crippen LogP contribution in [-0.4, -0.2) is 35.2 Å². The van der Waals surface area contributed by atoms with E-state index in [1.54, 1.807) is 11.9 Å². The van der Waals surface area contributed by atoms with Crippen LogP contribution in [0, 0.1) is 0 Å². The van der Waals surface area contributed by atoms with E-state index in [-0.39, 0.29) is 17.9 Å². The summed E-state index contributed by atoms with van der Waals surface area (Å²) >= 11 is 5.33. The lowest BCUT2D eigenvalue weighted by Gasteiger charge is -2.24. The number of carbonyl (C=O) groups is 1. The number of esters is 1. The van der Waals surface area contributed by atoms with Crippen molar-refractivity contribution in [1.29, 1.82) is 0 Å². The van der Waals surface area contributed by atoms with Crippen molar-refractivity contribution in [2.45, 2.75) is 52.6 Å². The molecule has 0 unspecified atom stereocenters. The maximum atomic E-state index is 11.8. The average Bonchev–Trinajstić information content (AvgIpc) is 2.35. The summed E-state index contributed by atoms with van der Waals surface area (Å²) in [5, 5.41) is 3.62. The van der Waals surface area contributed by atoms with Gasteiger partial charge in [0.1, 0.15) is 12.1 Å². The highest BCUT2D eigenvalue weighted by Crippen LogP contribution is 2.23. The molecular formula is C18H28N2O2S. The van der Waals surface area contributed by atoms with Crippen LogP contribution >= 0.6 is 12.2 Å². The first-order valence-corrected chi connectivity index (χ1v) is 8.14. The maximum Gasteiger partial charge on any atom is 0.326 e. The molecule has 0 fully saturated rings. The number of benzene rings is 1. The standard InChI is InChI=1S/C18H28N2O2S/c1-17(2,3)13-8-10-14(11-9-13)19-16(23)20(7)12-15(21)22-18(4,5)6/h8-11H,12H2,1-7H3,(H,19,23). The van der Waals surface area contributed by atoms with E-state index >= 15 is 0 Å². The minimum atomic E-state index is -0.490. The molecule has 0 atom stereocenters. The van der Waals surface area contributed by atoms with Gasteiger partial charge in [-0.1, -0.05) is 32.9 Å². The van der Waals surface area contributed by atoms with Crippen molar-refractivity contribution >= 4 is 29.0 Å². The van der Waals surface area contributed by atoms with Gasteiger partial charge in [-0.2, -0.15) is 0 Å². The minimum absolute atomic E-state index is 0.114. The molecule has 0 aliphatic rings. The Balaban J connectivity index is 2.60. The smallest absolute Gasteiger partial charge is 0.326 e. The molecule has 0 radical (unpaired) electrons. The number of ether oxygens (including phenoxy) is 1. The normalized spacial score (nSPS) is 11.8. The van der Waals surface area contributed by atoms with Crippen LogP contribution in [0.15, 0.2) is 24.3 Å². The van der Waals surface area contributed by atoms with Crippen molar-refractivity contribution in [3.05, 3.63) is 29.8 Å². The lowest BCUT2D eigenvalue weighted by Crippen LogP contribution is -2.38. The molecule has 1 aromatic carbocycles. The monoisotopic (exact) mass is 336 g/mol. The Labute approximate surface area is 145 Å². The first kappa shape index (κ1) is 19.4. The van der Waals surface area contributed by atoms with E-state index in [1.165, 1.54) is 5.56 Å². The summed E-state index contributed by atoms with van der Waals surface area (Å²) in [6.07, 6.45) is 0. The SMILES string of the molecule is CN(CC(=O)OC(C)(C)C)C(=S)Nc1ccc(C(C)(C)C)cc1. The number of nitrogens with zero attached hydrogens (tertiary/aromatic N) is 1. The van der Waals surface area contributed by atoms with E-state index in [0.29, 0.717) is 5.11 Å². The second kappa shape index (κ2) is 7.30. The number of hydrogen-bond donors (Lipinski definition) is 1. The molecular weight excluding hydrogens is 308 g/mol. The second-order valence-corrected chi connectivity index (χ2v) is 8.09. The molecule has 0 saturated heterocycles. The van der Waals surface area contributed by atoms with Crippen LogP contribution in [0.2, 0.25) is 0 Å². The lowest BCUT2D eigenvalue weighted by atomic mass is 9.87. The van der Waals surface area contributed by atoms with Gasteiger partial charge in [-0.3, -0.25) is 4.79 Å². The zero-order chi connectivity index (χ0) is 17.8. The Kier molecular flexibility index (Phi) is 6.17. The number of likely N-dealkylation sites (N-methyl/N-ethyl adjacent to an activating group) is 1. The van der Waals surface area contributed by atoms with E-state index in [1.807, 2.05) is 32.9 Å². The van der Waals surface area contributed by atoms with Crippen LogP contribution in [0.4, 0.5) is 5.69 Å². The Bertz CT molecular complexity index is 554. The predicted molar refractivity (Wildman–Crippen MR) is 99.8 cm³/mol. The quantitative estimate of drug-likeness (QED) is 0.668. The maximum absolute atomic E-state index is 11.8. The van der Waals surface area contributed by atoms with Crippen molar-refractivity contribution < 1.29 is 9.53 Å². The van der Waals surface area contributed by atoms with Crippen LogP contribution < -0.4 is 5.32 Å². The molecule has 1 N–H and O–H groups in total. The van der Waals surface area contributed by atoms with Gasteiger partial charge >= 0.3 is 5.97 Å². The minimum Gasteiger partial charge on any atom is -0.459 e. The number of thiocarbonyl (C=S) groups is 1. The van der Waals surface area contributed by atoms with Gasteiger partial charge in [-0.25, -0.2) is 0 Å². The predicted octanol–water partition coefficient (Wildman–Crippen LogP) is 3.95. The van der Waals surface area contributed by atoms with Crippen LogP contribution in [0.5, 0.6) is 0 Å². The van der Waals surface area contributed by atoms with Crippen LogP contribution in [0.25, 0.3) is 0 Å². The molecule has 4 nitrogen and oxygen atoms in total. The van der Waals surface area contributed by atoms with E-state index in [2.05, 4.69) is 38.2 Å². The van der Waals surface area contributed by atoms with Gasteiger partial charge in [0.05, 0.1) is 0 Å². The molecule has 5 heteroatoms. The molecule has 1 rings (SSSR count). The highest BCUT2D eigenvalue weighted by molar-refractivity contribution is 7.80.